The number of rotatable bonds is 12. The molecule has 1 atom stereocenters. The Kier molecular flexibility index (Phi) is 18.2. The number of hydrogen-bond donors (Lipinski definition) is 3. The number of hydrogen-bond acceptors (Lipinski definition) is 10. The molecule has 2 saturated heterocycles. The highest BCUT2D eigenvalue weighted by molar-refractivity contribution is 6.31. The van der Waals surface area contributed by atoms with Crippen LogP contribution in [0, 0.1) is 0 Å². The Hall–Kier alpha value is -2.80. The molecule has 3 aromatic rings. The van der Waals surface area contributed by atoms with Gasteiger partial charge in [0.2, 0.25) is 0 Å². The lowest BCUT2D eigenvalue weighted by Gasteiger charge is -2.26. The summed E-state index contributed by atoms with van der Waals surface area (Å²) in [6.45, 7) is 11.7. The Morgan fingerprint density at radius 3 is 2.04 bits per heavy atom. The zero-order valence-corrected chi connectivity index (χ0v) is 30.4. The molecule has 2 aromatic carbocycles. The van der Waals surface area contributed by atoms with Gasteiger partial charge in [-0.15, -0.1) is 0 Å². The molecule has 4 N–H and O–H groups in total. The number of nitrogens with one attached hydrogen (secondary N) is 2. The third-order valence-corrected chi connectivity index (χ3v) is 8.56. The van der Waals surface area contributed by atoms with Gasteiger partial charge in [-0.3, -0.25) is 9.80 Å². The molecule has 1 unspecified atom stereocenters. The zero-order valence-electron chi connectivity index (χ0n) is 28.1. The molecule has 0 aliphatic carbocycles. The van der Waals surface area contributed by atoms with E-state index in [1.165, 1.54) is 0 Å². The van der Waals surface area contributed by atoms with Crippen molar-refractivity contribution in [1.82, 2.24) is 25.1 Å². The van der Waals surface area contributed by atoms with Crippen molar-refractivity contribution in [3.63, 3.8) is 0 Å². The Bertz CT molecular complexity index is 1430. The number of alkyl halides is 1. The van der Waals surface area contributed by atoms with Gasteiger partial charge in [-0.25, -0.2) is 15.0 Å². The van der Waals surface area contributed by atoms with Crippen molar-refractivity contribution in [1.29, 1.82) is 0 Å². The van der Waals surface area contributed by atoms with Crippen LogP contribution in [0.25, 0.3) is 0 Å². The van der Waals surface area contributed by atoms with E-state index in [0.29, 0.717) is 12.8 Å². The summed E-state index contributed by atoms with van der Waals surface area (Å²) in [5, 5.41) is 7.92. The van der Waals surface area contributed by atoms with Gasteiger partial charge in [0.15, 0.2) is 0 Å². The molecule has 4 heterocycles. The van der Waals surface area contributed by atoms with Crippen LogP contribution in [0.5, 0.6) is 0 Å². The molecule has 3 aliphatic heterocycles. The summed E-state index contributed by atoms with van der Waals surface area (Å²) in [7, 11) is 0. The lowest BCUT2D eigenvalue weighted by atomic mass is 10.1. The molecule has 2 fully saturated rings. The molecule has 0 spiro atoms. The zero-order chi connectivity index (χ0) is 34.5. The molecule has 0 radical (unpaired) electrons. The Morgan fingerprint density at radius 2 is 1.45 bits per heavy atom. The van der Waals surface area contributed by atoms with Crippen molar-refractivity contribution < 1.29 is 9.47 Å². The van der Waals surface area contributed by atoms with Gasteiger partial charge in [0.1, 0.15) is 23.0 Å². The number of aromatic nitrogens is 2. The second-order valence-electron chi connectivity index (χ2n) is 11.8. The van der Waals surface area contributed by atoms with E-state index in [-0.39, 0.29) is 5.50 Å². The molecule has 3 aliphatic rings. The third kappa shape index (κ3) is 16.2. The monoisotopic (exact) mass is 730 g/mol. The van der Waals surface area contributed by atoms with Crippen molar-refractivity contribution in [2.45, 2.75) is 31.2 Å². The first-order chi connectivity index (χ1) is 24.0. The van der Waals surface area contributed by atoms with Gasteiger partial charge in [-0.1, -0.05) is 59.1 Å². The van der Waals surface area contributed by atoms with Crippen LogP contribution in [-0.4, -0.2) is 110 Å². The van der Waals surface area contributed by atoms with Crippen molar-refractivity contribution in [2.24, 2.45) is 10.7 Å². The van der Waals surface area contributed by atoms with E-state index in [2.05, 4.69) is 35.4 Å². The van der Waals surface area contributed by atoms with Gasteiger partial charge in [0, 0.05) is 68.0 Å². The molecule has 266 valence electrons. The summed E-state index contributed by atoms with van der Waals surface area (Å²) in [5.74, 6) is 2.54. The number of nitrogens with zero attached hydrogens (tertiary/aromatic N) is 5. The number of morpholine rings is 2. The molecule has 0 saturated carbocycles. The van der Waals surface area contributed by atoms with Crippen LogP contribution in [0.4, 0.5) is 5.82 Å². The van der Waals surface area contributed by atoms with E-state index in [9.17, 15) is 0 Å². The minimum atomic E-state index is -0.263. The number of ether oxygens (including phenoxy) is 2. The van der Waals surface area contributed by atoms with E-state index in [1.807, 2.05) is 60.8 Å². The summed E-state index contributed by atoms with van der Waals surface area (Å²) in [5.41, 5.74) is 7.36. The van der Waals surface area contributed by atoms with E-state index >= 15 is 0 Å². The quantitative estimate of drug-likeness (QED) is 0.127. The fourth-order valence-electron chi connectivity index (χ4n) is 5.29. The van der Waals surface area contributed by atoms with Crippen molar-refractivity contribution in [2.75, 3.05) is 84.1 Å². The highest BCUT2D eigenvalue weighted by Crippen LogP contribution is 2.15. The van der Waals surface area contributed by atoms with E-state index in [1.54, 1.807) is 12.3 Å². The maximum absolute atomic E-state index is 6.03. The van der Waals surface area contributed by atoms with Crippen LogP contribution in [0.2, 0.25) is 10.0 Å². The summed E-state index contributed by atoms with van der Waals surface area (Å²) in [4.78, 5) is 18.0. The first kappa shape index (κ1) is 39.0. The number of aliphatic imine (C=N–C) groups is 1. The maximum atomic E-state index is 6.03. The van der Waals surface area contributed by atoms with Gasteiger partial charge in [-0.05, 0) is 80.0 Å². The van der Waals surface area contributed by atoms with Crippen LogP contribution in [-0.2, 0) is 22.3 Å². The molecule has 0 amide bonds. The van der Waals surface area contributed by atoms with Crippen LogP contribution in [0.1, 0.15) is 29.8 Å². The van der Waals surface area contributed by atoms with Crippen molar-refractivity contribution in [3.8, 4) is 0 Å². The molecule has 6 rings (SSSR count). The van der Waals surface area contributed by atoms with E-state index < -0.39 is 0 Å². The van der Waals surface area contributed by atoms with Crippen LogP contribution >= 0.6 is 34.8 Å². The predicted octanol–water partition coefficient (Wildman–Crippen LogP) is 5.49. The number of anilines is 1. The lowest BCUT2D eigenvalue weighted by Crippen LogP contribution is -2.37. The van der Waals surface area contributed by atoms with Crippen LogP contribution in [0.3, 0.4) is 0 Å². The first-order valence-corrected chi connectivity index (χ1v) is 18.1. The Labute approximate surface area is 306 Å². The van der Waals surface area contributed by atoms with Gasteiger partial charge in [0.05, 0.1) is 26.4 Å². The number of halogens is 3. The average Bonchev–Trinajstić information content (AvgIpc) is 3.11. The second kappa shape index (κ2) is 22.8. The van der Waals surface area contributed by atoms with Crippen LogP contribution < -0.4 is 16.4 Å². The van der Waals surface area contributed by atoms with Gasteiger partial charge in [0.25, 0.3) is 0 Å². The smallest absolute Gasteiger partial charge is 0.145 e. The molecular weight excluding hydrogens is 683 g/mol. The molecule has 13 heteroatoms. The number of amidine groups is 1. The van der Waals surface area contributed by atoms with Gasteiger partial charge >= 0.3 is 0 Å². The Balaban J connectivity index is 0.000000184. The highest BCUT2D eigenvalue weighted by Gasteiger charge is 2.10. The molecular formula is C36H49Cl3N8O2. The minimum Gasteiger partial charge on any atom is -0.379 e. The lowest BCUT2D eigenvalue weighted by molar-refractivity contribution is 0.0377. The summed E-state index contributed by atoms with van der Waals surface area (Å²) < 4.78 is 10.6. The van der Waals surface area contributed by atoms with Gasteiger partial charge in [-0.2, -0.15) is 0 Å². The number of benzene rings is 2. The first-order valence-electron chi connectivity index (χ1n) is 17.0. The SMILES string of the molecule is Clc1cccc(CC2=NC(Cl)C=CN2)c1.Clc1cccc(Cc2nccc(NCCCN3CCOCC3)n2)c1.NCCCN1CCOCC1. The highest BCUT2D eigenvalue weighted by atomic mass is 35.5. The fourth-order valence-corrected chi connectivity index (χ4v) is 5.90. The molecule has 49 heavy (non-hydrogen) atoms. The standard InChI is InChI=1S/C18H23ClN4O.C11H10Cl2N2.C7H16N2O/c19-16-4-1-3-15(13-16)14-18-21-7-5-17(22-18)20-6-2-8-23-9-11-24-12-10-23;12-9-3-1-2-8(6-9)7-11-14-5-4-10(13)15-11;8-2-1-3-9-4-6-10-7-5-9/h1,3-5,7,13H,2,6,8-12,14H2,(H,20,21,22);1-6,10H,7H2,(H,14,15);1-8H2. The second-order valence-corrected chi connectivity index (χ2v) is 13.1. The number of nitrogens with two attached hydrogens (primary N) is 1. The topological polar surface area (TPSA) is 113 Å². The fraction of sp³-hybridized carbons (Fsp3) is 0.472. The minimum absolute atomic E-state index is 0.263. The van der Waals surface area contributed by atoms with Crippen molar-refractivity contribution in [3.05, 3.63) is 100 Å². The normalized spacial score (nSPS) is 17.9. The molecule has 10 nitrogen and oxygen atoms in total. The summed E-state index contributed by atoms with van der Waals surface area (Å²) in [6.07, 6.45) is 9.01. The molecule has 0 bridgehead atoms. The van der Waals surface area contributed by atoms with E-state index in [0.717, 1.165) is 130 Å². The van der Waals surface area contributed by atoms with Gasteiger partial charge < -0.3 is 25.8 Å². The summed E-state index contributed by atoms with van der Waals surface area (Å²) >= 11 is 17.8. The summed E-state index contributed by atoms with van der Waals surface area (Å²) in [6, 6.07) is 17.4. The predicted molar refractivity (Wildman–Crippen MR) is 202 cm³/mol. The Morgan fingerprint density at radius 1 is 0.837 bits per heavy atom. The average molecular weight is 732 g/mol. The largest absolute Gasteiger partial charge is 0.379 e. The van der Waals surface area contributed by atoms with Crippen LogP contribution in [0.15, 0.2) is 78.1 Å². The van der Waals surface area contributed by atoms with Crippen molar-refractivity contribution >= 4 is 46.5 Å². The third-order valence-electron chi connectivity index (χ3n) is 7.84. The molecule has 1 aromatic heterocycles. The van der Waals surface area contributed by atoms with E-state index in [4.69, 9.17) is 50.0 Å². The maximum Gasteiger partial charge on any atom is 0.145 e.